The molecule has 0 spiro atoms. The molecule has 1 unspecified atom stereocenters. The summed E-state index contributed by atoms with van der Waals surface area (Å²) in [5, 5.41) is 10.2. The van der Waals surface area contributed by atoms with E-state index in [1.54, 1.807) is 18.2 Å². The van der Waals surface area contributed by atoms with Crippen molar-refractivity contribution in [1.82, 2.24) is 5.32 Å². The zero-order valence-electron chi connectivity index (χ0n) is 11.3. The van der Waals surface area contributed by atoms with E-state index < -0.39 is 30.0 Å². The standard InChI is InChI=1S/C13H14F3NO4/c1-12(11(19)20,13(14,15)16)17-10(18)7-8-5-3-4-6-9(8)21-2/h3-6H,7H2,1-2H3,(H,17,18)(H,19,20). The van der Waals surface area contributed by atoms with Gasteiger partial charge in [-0.15, -0.1) is 0 Å². The lowest BCUT2D eigenvalue weighted by atomic mass is 10.0. The SMILES string of the molecule is COc1ccccc1CC(=O)NC(C)(C(=O)O)C(F)(F)F. The Hall–Kier alpha value is -2.25. The first-order valence-electron chi connectivity index (χ1n) is 5.85. The van der Waals surface area contributed by atoms with E-state index in [9.17, 15) is 22.8 Å². The van der Waals surface area contributed by atoms with Crippen molar-refractivity contribution >= 4 is 11.9 Å². The van der Waals surface area contributed by atoms with Gasteiger partial charge in [-0.2, -0.15) is 13.2 Å². The van der Waals surface area contributed by atoms with Crippen molar-refractivity contribution in [2.75, 3.05) is 7.11 Å². The minimum absolute atomic E-state index is 0.330. The van der Waals surface area contributed by atoms with E-state index in [1.807, 2.05) is 0 Å². The van der Waals surface area contributed by atoms with E-state index in [-0.39, 0.29) is 0 Å². The quantitative estimate of drug-likeness (QED) is 0.869. The van der Waals surface area contributed by atoms with Gasteiger partial charge in [0.05, 0.1) is 13.5 Å². The highest BCUT2D eigenvalue weighted by molar-refractivity contribution is 5.88. The average molecular weight is 305 g/mol. The maximum absolute atomic E-state index is 12.8. The van der Waals surface area contributed by atoms with Crippen LogP contribution in [0.4, 0.5) is 13.2 Å². The summed E-state index contributed by atoms with van der Waals surface area (Å²) in [4.78, 5) is 22.5. The number of carbonyl (C=O) groups excluding carboxylic acids is 1. The predicted molar refractivity (Wildman–Crippen MR) is 66.9 cm³/mol. The van der Waals surface area contributed by atoms with Crippen molar-refractivity contribution in [3.05, 3.63) is 29.8 Å². The van der Waals surface area contributed by atoms with Gasteiger partial charge >= 0.3 is 12.1 Å². The van der Waals surface area contributed by atoms with Gasteiger partial charge < -0.3 is 15.2 Å². The van der Waals surface area contributed by atoms with Crippen molar-refractivity contribution < 1.29 is 32.6 Å². The first-order valence-corrected chi connectivity index (χ1v) is 5.85. The molecular weight excluding hydrogens is 291 g/mol. The van der Waals surface area contributed by atoms with Gasteiger partial charge in [-0.1, -0.05) is 18.2 Å². The Kier molecular flexibility index (Phi) is 4.82. The van der Waals surface area contributed by atoms with Gasteiger partial charge in [0.15, 0.2) is 0 Å². The molecule has 0 fully saturated rings. The first-order chi connectivity index (χ1) is 9.61. The van der Waals surface area contributed by atoms with E-state index in [0.29, 0.717) is 18.2 Å². The molecule has 0 heterocycles. The Labute approximate surface area is 118 Å². The van der Waals surface area contributed by atoms with Crippen LogP contribution in [0.1, 0.15) is 12.5 Å². The van der Waals surface area contributed by atoms with Gasteiger partial charge in [0.25, 0.3) is 0 Å². The molecular formula is C13H14F3NO4. The van der Waals surface area contributed by atoms with Crippen LogP contribution in [0.25, 0.3) is 0 Å². The Bertz CT molecular complexity index is 544. The monoisotopic (exact) mass is 305 g/mol. The minimum atomic E-state index is -5.12. The molecule has 116 valence electrons. The van der Waals surface area contributed by atoms with Gasteiger partial charge in [0, 0.05) is 5.56 Å². The molecule has 1 rings (SSSR count). The summed E-state index contributed by atoms with van der Waals surface area (Å²) in [5.41, 5.74) is -2.99. The molecule has 2 N–H and O–H groups in total. The fourth-order valence-electron chi connectivity index (χ4n) is 1.59. The Morgan fingerprint density at radius 3 is 2.33 bits per heavy atom. The third-order valence-electron chi connectivity index (χ3n) is 2.93. The lowest BCUT2D eigenvalue weighted by Gasteiger charge is -2.28. The zero-order chi connectivity index (χ0) is 16.3. The number of carboxylic acids is 1. The van der Waals surface area contributed by atoms with Gasteiger partial charge in [-0.3, -0.25) is 4.79 Å². The van der Waals surface area contributed by atoms with Gasteiger partial charge in [0.2, 0.25) is 11.4 Å². The summed E-state index contributed by atoms with van der Waals surface area (Å²) < 4.78 is 43.3. The van der Waals surface area contributed by atoms with Crippen LogP contribution in [0.3, 0.4) is 0 Å². The second kappa shape index (κ2) is 6.02. The Balaban J connectivity index is 2.92. The van der Waals surface area contributed by atoms with Crippen molar-refractivity contribution in [3.63, 3.8) is 0 Å². The number of ether oxygens (including phenoxy) is 1. The molecule has 5 nitrogen and oxygen atoms in total. The number of methoxy groups -OCH3 is 1. The second-order valence-corrected chi connectivity index (χ2v) is 4.46. The molecule has 0 saturated carbocycles. The van der Waals surface area contributed by atoms with Crippen LogP contribution in [-0.2, 0) is 16.0 Å². The number of hydrogen-bond donors (Lipinski definition) is 2. The summed E-state index contributed by atoms with van der Waals surface area (Å²) >= 11 is 0. The van der Waals surface area contributed by atoms with Crippen molar-refractivity contribution in [2.45, 2.75) is 25.1 Å². The highest BCUT2D eigenvalue weighted by Crippen LogP contribution is 2.30. The molecule has 8 heteroatoms. The number of alkyl halides is 3. The highest BCUT2D eigenvalue weighted by Gasteiger charge is 2.58. The first kappa shape index (κ1) is 16.8. The smallest absolute Gasteiger partial charge is 0.422 e. The number of carbonyl (C=O) groups is 2. The minimum Gasteiger partial charge on any atom is -0.496 e. The number of carboxylic acid groups (broad SMARTS) is 1. The maximum atomic E-state index is 12.8. The number of hydrogen-bond acceptors (Lipinski definition) is 3. The van der Waals surface area contributed by atoms with Crippen LogP contribution < -0.4 is 10.1 Å². The topological polar surface area (TPSA) is 75.6 Å². The summed E-state index contributed by atoms with van der Waals surface area (Å²) in [6.45, 7) is 0.398. The third-order valence-corrected chi connectivity index (χ3v) is 2.93. The summed E-state index contributed by atoms with van der Waals surface area (Å²) in [6.07, 6.45) is -5.54. The lowest BCUT2D eigenvalue weighted by Crippen LogP contribution is -2.62. The van der Waals surface area contributed by atoms with Crippen LogP contribution in [0.15, 0.2) is 24.3 Å². The number of aliphatic carboxylic acids is 1. The van der Waals surface area contributed by atoms with Crippen LogP contribution in [0.2, 0.25) is 0 Å². The second-order valence-electron chi connectivity index (χ2n) is 4.46. The summed E-state index contributed by atoms with van der Waals surface area (Å²) in [6, 6.07) is 6.27. The number of amides is 1. The molecule has 0 aliphatic carbocycles. The largest absolute Gasteiger partial charge is 0.496 e. The van der Waals surface area contributed by atoms with Crippen molar-refractivity contribution in [2.24, 2.45) is 0 Å². The number of nitrogens with one attached hydrogen (secondary N) is 1. The van der Waals surface area contributed by atoms with E-state index in [1.165, 1.54) is 18.5 Å². The van der Waals surface area contributed by atoms with Gasteiger partial charge in [-0.05, 0) is 13.0 Å². The molecule has 1 aromatic rings. The van der Waals surface area contributed by atoms with E-state index in [4.69, 9.17) is 9.84 Å². The molecule has 1 atom stereocenters. The third kappa shape index (κ3) is 3.65. The number of halogens is 3. The fraction of sp³-hybridized carbons (Fsp3) is 0.385. The molecule has 1 amide bonds. The molecule has 0 radical (unpaired) electrons. The molecule has 0 aliphatic heterocycles. The van der Waals surface area contributed by atoms with E-state index in [2.05, 4.69) is 0 Å². The number of para-hydroxylation sites is 1. The molecule has 0 aliphatic rings. The number of rotatable bonds is 5. The zero-order valence-corrected chi connectivity index (χ0v) is 11.3. The van der Waals surface area contributed by atoms with Gasteiger partial charge in [0.1, 0.15) is 5.75 Å². The van der Waals surface area contributed by atoms with Crippen LogP contribution in [-0.4, -0.2) is 35.8 Å². The Morgan fingerprint density at radius 2 is 1.86 bits per heavy atom. The molecule has 0 saturated heterocycles. The van der Waals surface area contributed by atoms with Crippen LogP contribution >= 0.6 is 0 Å². The molecule has 21 heavy (non-hydrogen) atoms. The fourth-order valence-corrected chi connectivity index (χ4v) is 1.59. The summed E-state index contributed by atoms with van der Waals surface area (Å²) in [7, 11) is 1.35. The average Bonchev–Trinajstić information content (AvgIpc) is 2.37. The van der Waals surface area contributed by atoms with Crippen LogP contribution in [0.5, 0.6) is 5.75 Å². The lowest BCUT2D eigenvalue weighted by molar-refractivity contribution is -0.206. The van der Waals surface area contributed by atoms with E-state index in [0.717, 1.165) is 0 Å². The predicted octanol–water partition coefficient (Wildman–Crippen LogP) is 1.76. The van der Waals surface area contributed by atoms with Crippen molar-refractivity contribution in [3.8, 4) is 5.75 Å². The molecule has 0 bridgehead atoms. The Morgan fingerprint density at radius 1 is 1.29 bits per heavy atom. The summed E-state index contributed by atoms with van der Waals surface area (Å²) in [5.74, 6) is -2.92. The highest BCUT2D eigenvalue weighted by atomic mass is 19.4. The van der Waals surface area contributed by atoms with Gasteiger partial charge in [-0.25, -0.2) is 4.79 Å². The molecule has 1 aromatic carbocycles. The number of benzene rings is 1. The molecule has 0 aromatic heterocycles. The maximum Gasteiger partial charge on any atom is 0.422 e. The normalized spacial score (nSPS) is 14.1. The van der Waals surface area contributed by atoms with Crippen LogP contribution in [0, 0.1) is 0 Å². The van der Waals surface area contributed by atoms with E-state index >= 15 is 0 Å². The van der Waals surface area contributed by atoms with Crippen molar-refractivity contribution in [1.29, 1.82) is 0 Å².